The first-order valence-electron chi connectivity index (χ1n) is 6.10. The Hall–Kier alpha value is -1.63. The summed E-state index contributed by atoms with van der Waals surface area (Å²) in [5.74, 6) is 1.80. The average molecular weight is 252 g/mol. The molecule has 0 aromatic carbocycles. The van der Waals surface area contributed by atoms with Crippen molar-refractivity contribution in [2.45, 2.75) is 19.4 Å². The number of nitrogens with zero attached hydrogens (tertiary/aromatic N) is 4. The largest absolute Gasteiger partial charge is 0.378 e. The molecule has 1 aromatic rings. The van der Waals surface area contributed by atoms with E-state index in [1.165, 1.54) is 0 Å². The molecule has 1 saturated heterocycles. The molecule has 0 aliphatic carbocycles. The fourth-order valence-electron chi connectivity index (χ4n) is 1.93. The number of hydrogen-bond acceptors (Lipinski definition) is 7. The molecular weight excluding hydrogens is 232 g/mol. The van der Waals surface area contributed by atoms with Gasteiger partial charge in [0.25, 0.3) is 0 Å². The molecular formula is C11H20N6O. The highest BCUT2D eigenvalue weighted by molar-refractivity contribution is 5.40. The Morgan fingerprint density at radius 3 is 2.78 bits per heavy atom. The van der Waals surface area contributed by atoms with E-state index in [0.717, 1.165) is 19.6 Å². The second kappa shape index (κ2) is 5.34. The van der Waals surface area contributed by atoms with Gasteiger partial charge in [-0.25, -0.2) is 0 Å². The van der Waals surface area contributed by atoms with E-state index in [-0.39, 0.29) is 12.1 Å². The zero-order valence-corrected chi connectivity index (χ0v) is 11.1. The zero-order chi connectivity index (χ0) is 13.1. The van der Waals surface area contributed by atoms with Gasteiger partial charge in [-0.1, -0.05) is 0 Å². The molecule has 2 heterocycles. The Labute approximate surface area is 107 Å². The van der Waals surface area contributed by atoms with E-state index in [1.54, 1.807) is 4.90 Å². The minimum absolute atomic E-state index is 0.229. The number of rotatable bonds is 4. The van der Waals surface area contributed by atoms with Gasteiger partial charge in [-0.2, -0.15) is 15.0 Å². The van der Waals surface area contributed by atoms with Crippen molar-refractivity contribution in [3.05, 3.63) is 0 Å². The van der Waals surface area contributed by atoms with E-state index in [1.807, 2.05) is 14.1 Å². The van der Waals surface area contributed by atoms with Gasteiger partial charge in [-0.3, -0.25) is 0 Å². The third-order valence-electron chi connectivity index (χ3n) is 3.10. The lowest BCUT2D eigenvalue weighted by molar-refractivity contribution is 0.108. The molecule has 3 N–H and O–H groups in total. The van der Waals surface area contributed by atoms with Crippen molar-refractivity contribution < 1.29 is 4.74 Å². The Morgan fingerprint density at radius 2 is 2.17 bits per heavy atom. The fraction of sp³-hybridized carbons (Fsp3) is 0.727. The summed E-state index contributed by atoms with van der Waals surface area (Å²) in [6, 6.07) is 0. The molecule has 2 unspecified atom stereocenters. The molecule has 0 spiro atoms. The predicted octanol–water partition coefficient (Wildman–Crippen LogP) is 0.357. The Bertz CT molecular complexity index is 411. The number of anilines is 3. The van der Waals surface area contributed by atoms with Crippen LogP contribution in [0.15, 0.2) is 0 Å². The molecule has 1 aliphatic heterocycles. The minimum Gasteiger partial charge on any atom is -0.378 e. The Morgan fingerprint density at radius 1 is 1.39 bits per heavy atom. The molecule has 7 nitrogen and oxygen atoms in total. The maximum atomic E-state index is 5.65. The van der Waals surface area contributed by atoms with Crippen molar-refractivity contribution in [2.75, 3.05) is 43.2 Å². The molecule has 0 bridgehead atoms. The molecule has 2 atom stereocenters. The van der Waals surface area contributed by atoms with Crippen LogP contribution in [-0.4, -0.2) is 48.3 Å². The van der Waals surface area contributed by atoms with Crippen molar-refractivity contribution >= 4 is 17.8 Å². The summed E-state index contributed by atoms with van der Waals surface area (Å²) in [7, 11) is 3.73. The predicted molar refractivity (Wildman–Crippen MR) is 70.6 cm³/mol. The summed E-state index contributed by atoms with van der Waals surface area (Å²) >= 11 is 0. The SMILES string of the molecule is CC1OCCC1CNc1nc(N)nc(N(C)C)n1. The Balaban J connectivity index is 2.00. The number of aromatic nitrogens is 3. The number of nitrogen functional groups attached to an aromatic ring is 1. The fourth-order valence-corrected chi connectivity index (χ4v) is 1.93. The summed E-state index contributed by atoms with van der Waals surface area (Å²) in [5, 5.41) is 3.20. The maximum absolute atomic E-state index is 5.65. The zero-order valence-electron chi connectivity index (χ0n) is 11.1. The summed E-state index contributed by atoms with van der Waals surface area (Å²) in [6.45, 7) is 3.71. The van der Waals surface area contributed by atoms with Gasteiger partial charge >= 0.3 is 0 Å². The van der Waals surface area contributed by atoms with Crippen LogP contribution in [0.5, 0.6) is 0 Å². The highest BCUT2D eigenvalue weighted by atomic mass is 16.5. The second-order valence-electron chi connectivity index (χ2n) is 4.72. The third kappa shape index (κ3) is 2.98. The number of hydrogen-bond donors (Lipinski definition) is 2. The monoisotopic (exact) mass is 252 g/mol. The lowest BCUT2D eigenvalue weighted by Gasteiger charge is -2.16. The normalized spacial score (nSPS) is 23.1. The first-order valence-corrected chi connectivity index (χ1v) is 6.10. The van der Waals surface area contributed by atoms with Crippen LogP contribution in [0.2, 0.25) is 0 Å². The van der Waals surface area contributed by atoms with E-state index in [0.29, 0.717) is 17.8 Å². The van der Waals surface area contributed by atoms with Gasteiger partial charge in [0.2, 0.25) is 17.8 Å². The number of nitrogens with one attached hydrogen (secondary N) is 1. The van der Waals surface area contributed by atoms with Gasteiger partial charge in [-0.15, -0.1) is 0 Å². The summed E-state index contributed by atoms with van der Waals surface area (Å²) in [5.41, 5.74) is 5.65. The molecule has 1 fully saturated rings. The van der Waals surface area contributed by atoms with E-state index in [4.69, 9.17) is 10.5 Å². The van der Waals surface area contributed by atoms with Crippen LogP contribution in [0.25, 0.3) is 0 Å². The van der Waals surface area contributed by atoms with Crippen LogP contribution in [0.4, 0.5) is 17.8 Å². The Kier molecular flexibility index (Phi) is 3.81. The van der Waals surface area contributed by atoms with Crippen LogP contribution in [0, 0.1) is 5.92 Å². The van der Waals surface area contributed by atoms with Crippen LogP contribution in [0.3, 0.4) is 0 Å². The van der Waals surface area contributed by atoms with Gasteiger partial charge in [0, 0.05) is 33.2 Å². The van der Waals surface area contributed by atoms with Crippen LogP contribution in [0.1, 0.15) is 13.3 Å². The van der Waals surface area contributed by atoms with Crippen molar-refractivity contribution in [3.63, 3.8) is 0 Å². The van der Waals surface area contributed by atoms with E-state index >= 15 is 0 Å². The minimum atomic E-state index is 0.229. The smallest absolute Gasteiger partial charge is 0.231 e. The molecule has 1 aromatic heterocycles. The standard InChI is InChI=1S/C11H20N6O/c1-7-8(4-5-18-7)6-13-10-14-9(12)15-11(16-10)17(2)3/h7-8H,4-6H2,1-3H3,(H3,12,13,14,15,16). The lowest BCUT2D eigenvalue weighted by atomic mass is 10.0. The highest BCUT2D eigenvalue weighted by Crippen LogP contribution is 2.20. The topological polar surface area (TPSA) is 89.2 Å². The van der Waals surface area contributed by atoms with Crippen molar-refractivity contribution in [2.24, 2.45) is 5.92 Å². The molecule has 7 heteroatoms. The third-order valence-corrected chi connectivity index (χ3v) is 3.10. The van der Waals surface area contributed by atoms with Gasteiger partial charge in [0.05, 0.1) is 6.10 Å². The van der Waals surface area contributed by atoms with Crippen molar-refractivity contribution in [1.29, 1.82) is 0 Å². The summed E-state index contributed by atoms with van der Waals surface area (Å²) in [6.07, 6.45) is 1.35. The molecule has 0 radical (unpaired) electrons. The summed E-state index contributed by atoms with van der Waals surface area (Å²) in [4.78, 5) is 14.2. The molecule has 100 valence electrons. The first kappa shape index (κ1) is 12.8. The lowest BCUT2D eigenvalue weighted by Crippen LogP contribution is -2.23. The molecule has 0 saturated carbocycles. The molecule has 0 amide bonds. The van der Waals surface area contributed by atoms with E-state index in [2.05, 4.69) is 27.2 Å². The number of ether oxygens (including phenoxy) is 1. The quantitative estimate of drug-likeness (QED) is 0.799. The number of nitrogens with two attached hydrogens (primary N) is 1. The van der Waals surface area contributed by atoms with Gasteiger partial charge in [0.15, 0.2) is 0 Å². The van der Waals surface area contributed by atoms with Gasteiger partial charge < -0.3 is 20.7 Å². The molecule has 18 heavy (non-hydrogen) atoms. The van der Waals surface area contributed by atoms with Crippen molar-refractivity contribution in [3.8, 4) is 0 Å². The van der Waals surface area contributed by atoms with Crippen LogP contribution in [-0.2, 0) is 4.74 Å². The average Bonchev–Trinajstić information content (AvgIpc) is 2.71. The maximum Gasteiger partial charge on any atom is 0.231 e. The van der Waals surface area contributed by atoms with Crippen LogP contribution < -0.4 is 16.0 Å². The van der Waals surface area contributed by atoms with Gasteiger partial charge in [0.1, 0.15) is 0 Å². The molecule has 1 aliphatic rings. The second-order valence-corrected chi connectivity index (χ2v) is 4.72. The van der Waals surface area contributed by atoms with E-state index < -0.39 is 0 Å². The highest BCUT2D eigenvalue weighted by Gasteiger charge is 2.24. The van der Waals surface area contributed by atoms with Crippen LogP contribution >= 0.6 is 0 Å². The summed E-state index contributed by atoms with van der Waals surface area (Å²) < 4.78 is 5.51. The van der Waals surface area contributed by atoms with Gasteiger partial charge in [-0.05, 0) is 13.3 Å². The molecule has 2 rings (SSSR count). The first-order chi connectivity index (χ1) is 8.56. The van der Waals surface area contributed by atoms with Crippen molar-refractivity contribution in [1.82, 2.24) is 15.0 Å². The van der Waals surface area contributed by atoms with E-state index in [9.17, 15) is 0 Å².